The van der Waals surface area contributed by atoms with E-state index in [1.54, 1.807) is 5.32 Å². The van der Waals surface area contributed by atoms with E-state index >= 15 is 0 Å². The maximum absolute atomic E-state index is 14.8. The fourth-order valence-electron chi connectivity index (χ4n) is 2.96. The lowest BCUT2D eigenvalue weighted by molar-refractivity contribution is -0.130. The molecule has 0 saturated carbocycles. The van der Waals surface area contributed by atoms with Crippen molar-refractivity contribution in [2.24, 2.45) is 0 Å². The Labute approximate surface area is 188 Å². The van der Waals surface area contributed by atoms with Crippen molar-refractivity contribution in [2.45, 2.75) is 0 Å². The van der Waals surface area contributed by atoms with Crippen molar-refractivity contribution in [3.63, 3.8) is 0 Å². The summed E-state index contributed by atoms with van der Waals surface area (Å²) in [7, 11) is -2.89. The standard InChI is InChI=1S/C21H18F4N2O6/c1-31-11-4-2-3-10(7-11)14-15(22)17(24)19(18(25)16(14)23)26-20(29)12-8-32-9-13(12)21(30)27-33-6-5-28/h2-4,7,28H,5-6,8-9H2,1H3,(H,26,29)(H,27,30)/i1D3. The van der Waals surface area contributed by atoms with E-state index < -0.39 is 72.1 Å². The number of carbonyl (C=O) groups excluding carboxylic acids is 2. The van der Waals surface area contributed by atoms with E-state index in [1.165, 1.54) is 0 Å². The summed E-state index contributed by atoms with van der Waals surface area (Å²) >= 11 is 0. The van der Waals surface area contributed by atoms with Crippen molar-refractivity contribution in [2.75, 3.05) is 38.8 Å². The highest BCUT2D eigenvalue weighted by Gasteiger charge is 2.31. The summed E-state index contributed by atoms with van der Waals surface area (Å²) in [5.74, 6) is -10.2. The van der Waals surface area contributed by atoms with E-state index in [1.807, 2.05) is 5.48 Å². The van der Waals surface area contributed by atoms with Crippen LogP contribution in [0.4, 0.5) is 23.2 Å². The van der Waals surface area contributed by atoms with Crippen LogP contribution in [0.15, 0.2) is 35.4 Å². The van der Waals surface area contributed by atoms with Gasteiger partial charge < -0.3 is 19.9 Å². The smallest absolute Gasteiger partial charge is 0.273 e. The number of hydrogen-bond donors (Lipinski definition) is 3. The molecule has 8 nitrogen and oxygen atoms in total. The Hall–Kier alpha value is -3.48. The number of carbonyl (C=O) groups is 2. The second-order valence-corrected chi connectivity index (χ2v) is 6.54. The number of anilines is 1. The Kier molecular flexibility index (Phi) is 6.37. The first kappa shape index (κ1) is 20.1. The first-order valence-electron chi connectivity index (χ1n) is 10.7. The van der Waals surface area contributed by atoms with Crippen LogP contribution < -0.4 is 15.5 Å². The number of hydrogen-bond acceptors (Lipinski definition) is 6. The van der Waals surface area contributed by atoms with Crippen molar-refractivity contribution in [1.82, 2.24) is 5.48 Å². The van der Waals surface area contributed by atoms with Gasteiger partial charge in [0, 0.05) is 0 Å². The van der Waals surface area contributed by atoms with Crippen LogP contribution in [0.1, 0.15) is 4.11 Å². The van der Waals surface area contributed by atoms with Gasteiger partial charge >= 0.3 is 0 Å². The highest BCUT2D eigenvalue weighted by atomic mass is 19.2. The minimum Gasteiger partial charge on any atom is -0.497 e. The Balaban J connectivity index is 1.93. The van der Waals surface area contributed by atoms with Crippen molar-refractivity contribution in [3.8, 4) is 16.9 Å². The summed E-state index contributed by atoms with van der Waals surface area (Å²) in [6.45, 7) is -1.48. The zero-order valence-electron chi connectivity index (χ0n) is 19.6. The van der Waals surface area contributed by atoms with E-state index in [0.29, 0.717) is 0 Å². The van der Waals surface area contributed by atoms with E-state index in [9.17, 15) is 27.2 Å². The summed E-state index contributed by atoms with van der Waals surface area (Å²) < 4.78 is 90.2. The van der Waals surface area contributed by atoms with Gasteiger partial charge in [-0.2, -0.15) is 0 Å². The molecule has 1 heterocycles. The lowest BCUT2D eigenvalue weighted by atomic mass is 10.0. The van der Waals surface area contributed by atoms with Gasteiger partial charge in [-0.3, -0.25) is 14.4 Å². The number of nitrogens with one attached hydrogen (secondary N) is 2. The molecular formula is C21H18F4N2O6. The summed E-state index contributed by atoms with van der Waals surface area (Å²) in [5.41, 5.74) is -1.77. The molecule has 0 aromatic heterocycles. The monoisotopic (exact) mass is 473 g/mol. The number of halogens is 4. The van der Waals surface area contributed by atoms with Gasteiger partial charge in [-0.25, -0.2) is 23.0 Å². The van der Waals surface area contributed by atoms with Gasteiger partial charge in [0.25, 0.3) is 11.8 Å². The summed E-state index contributed by atoms with van der Waals surface area (Å²) in [5, 5.41) is 10.4. The van der Waals surface area contributed by atoms with Gasteiger partial charge in [0.2, 0.25) is 0 Å². The summed E-state index contributed by atoms with van der Waals surface area (Å²) in [4.78, 5) is 29.3. The van der Waals surface area contributed by atoms with Gasteiger partial charge in [-0.15, -0.1) is 0 Å². The van der Waals surface area contributed by atoms with Crippen LogP contribution in [-0.2, 0) is 19.2 Å². The first-order valence-corrected chi connectivity index (χ1v) is 9.24. The Morgan fingerprint density at radius 1 is 1.09 bits per heavy atom. The maximum Gasteiger partial charge on any atom is 0.273 e. The van der Waals surface area contributed by atoms with Crippen molar-refractivity contribution in [3.05, 3.63) is 58.7 Å². The third-order valence-corrected chi connectivity index (χ3v) is 4.51. The minimum atomic E-state index is -2.89. The number of ether oxygens (including phenoxy) is 2. The molecule has 0 spiro atoms. The van der Waals surface area contributed by atoms with Crippen LogP contribution in [-0.4, -0.2) is 50.4 Å². The Bertz CT molecular complexity index is 1190. The van der Waals surface area contributed by atoms with Crippen LogP contribution in [0.5, 0.6) is 5.75 Å². The number of benzene rings is 2. The van der Waals surface area contributed by atoms with E-state index in [4.69, 9.17) is 14.0 Å². The molecule has 12 heteroatoms. The molecule has 33 heavy (non-hydrogen) atoms. The molecule has 1 aliphatic heterocycles. The second kappa shape index (κ2) is 10.4. The number of hydroxylamine groups is 1. The van der Waals surface area contributed by atoms with Crippen molar-refractivity contribution < 1.29 is 50.7 Å². The second-order valence-electron chi connectivity index (χ2n) is 6.54. The Morgan fingerprint density at radius 2 is 1.76 bits per heavy atom. The largest absolute Gasteiger partial charge is 0.497 e. The summed E-state index contributed by atoms with van der Waals surface area (Å²) in [6, 6.07) is 4.25. The van der Waals surface area contributed by atoms with Crippen LogP contribution in [0.2, 0.25) is 0 Å². The van der Waals surface area contributed by atoms with Gasteiger partial charge in [-0.05, 0) is 17.7 Å². The molecule has 2 aromatic rings. The predicted molar refractivity (Wildman–Crippen MR) is 106 cm³/mol. The summed E-state index contributed by atoms with van der Waals surface area (Å²) in [6.07, 6.45) is 0. The molecular weight excluding hydrogens is 452 g/mol. The molecule has 0 radical (unpaired) electrons. The van der Waals surface area contributed by atoms with Crippen LogP contribution >= 0.6 is 0 Å². The molecule has 0 saturated heterocycles. The van der Waals surface area contributed by atoms with Crippen LogP contribution in [0.3, 0.4) is 0 Å². The van der Waals surface area contributed by atoms with Gasteiger partial charge in [0.05, 0.1) is 54.3 Å². The quantitative estimate of drug-likeness (QED) is 0.235. The molecule has 3 N–H and O–H groups in total. The molecule has 0 unspecified atom stereocenters. The average molecular weight is 473 g/mol. The molecule has 0 aliphatic carbocycles. The number of rotatable bonds is 8. The highest BCUT2D eigenvalue weighted by Crippen LogP contribution is 2.36. The maximum atomic E-state index is 14.8. The first-order chi connectivity index (χ1) is 16.9. The third kappa shape index (κ3) is 4.97. The van der Waals surface area contributed by atoms with Gasteiger partial charge in [0.15, 0.2) is 23.3 Å². The molecule has 0 fully saturated rings. The van der Waals surface area contributed by atoms with E-state index in [-0.39, 0.29) is 30.1 Å². The zero-order chi connectivity index (χ0) is 26.6. The molecule has 1 aliphatic rings. The Morgan fingerprint density at radius 3 is 2.39 bits per heavy atom. The van der Waals surface area contributed by atoms with Crippen LogP contribution in [0.25, 0.3) is 11.1 Å². The number of aliphatic hydroxyl groups is 1. The SMILES string of the molecule is [2H]C([2H])([2H])Oc1cccc(-c2c(F)c(F)c(NC(=O)C3=C(C(=O)NOCCO)COC3)c(F)c2F)c1. The normalized spacial score (nSPS) is 15.0. The van der Waals surface area contributed by atoms with Gasteiger partial charge in [-0.1, -0.05) is 12.1 Å². The lowest BCUT2D eigenvalue weighted by Gasteiger charge is -2.14. The molecule has 2 aromatic carbocycles. The van der Waals surface area contributed by atoms with E-state index in [0.717, 1.165) is 24.3 Å². The number of aliphatic hydroxyl groups excluding tert-OH is 1. The molecule has 176 valence electrons. The fourth-order valence-corrected chi connectivity index (χ4v) is 2.96. The topological polar surface area (TPSA) is 106 Å². The number of amides is 2. The minimum absolute atomic E-state index is 0.256. The highest BCUT2D eigenvalue weighted by molar-refractivity contribution is 6.10. The molecule has 0 bridgehead atoms. The zero-order valence-corrected chi connectivity index (χ0v) is 16.6. The average Bonchev–Trinajstić information content (AvgIpc) is 3.30. The third-order valence-electron chi connectivity index (χ3n) is 4.51. The molecule has 2 amide bonds. The number of methoxy groups -OCH3 is 1. The van der Waals surface area contributed by atoms with Crippen molar-refractivity contribution in [1.29, 1.82) is 0 Å². The van der Waals surface area contributed by atoms with Gasteiger partial charge in [0.1, 0.15) is 11.4 Å². The van der Waals surface area contributed by atoms with Crippen molar-refractivity contribution >= 4 is 17.5 Å². The predicted octanol–water partition coefficient (Wildman–Crippen LogP) is 2.22. The molecule has 0 atom stereocenters. The fraction of sp³-hybridized carbons (Fsp3) is 0.238. The lowest BCUT2D eigenvalue weighted by Crippen LogP contribution is -2.29. The molecule has 3 rings (SSSR count). The van der Waals surface area contributed by atoms with E-state index in [2.05, 4.69) is 9.57 Å². The van der Waals surface area contributed by atoms with Crippen LogP contribution in [0, 0.1) is 23.3 Å².